The average molecular weight is 187 g/mol. The molecule has 0 aliphatic carbocycles. The van der Waals surface area contributed by atoms with Crippen molar-refractivity contribution in [3.8, 4) is 6.07 Å². The van der Waals surface area contributed by atoms with Crippen molar-refractivity contribution in [3.63, 3.8) is 0 Å². The molecule has 1 atom stereocenters. The molecule has 72 valence electrons. The SMILES string of the molecule is CC(CC#N)CC(=O)c1ccccc1. The van der Waals surface area contributed by atoms with Crippen LogP contribution in [0.5, 0.6) is 0 Å². The maximum Gasteiger partial charge on any atom is 0.163 e. The van der Waals surface area contributed by atoms with Crippen LogP contribution in [0.25, 0.3) is 0 Å². The van der Waals surface area contributed by atoms with Gasteiger partial charge in [0.15, 0.2) is 5.78 Å². The highest BCUT2D eigenvalue weighted by atomic mass is 16.1. The van der Waals surface area contributed by atoms with Gasteiger partial charge in [-0.25, -0.2) is 0 Å². The molecule has 1 rings (SSSR count). The van der Waals surface area contributed by atoms with Crippen LogP contribution >= 0.6 is 0 Å². The van der Waals surface area contributed by atoms with E-state index >= 15 is 0 Å². The molecule has 2 nitrogen and oxygen atoms in total. The first-order valence-electron chi connectivity index (χ1n) is 4.69. The molecule has 0 aromatic heterocycles. The normalized spacial score (nSPS) is 11.7. The number of nitriles is 1. The van der Waals surface area contributed by atoms with Crippen LogP contribution in [0.2, 0.25) is 0 Å². The van der Waals surface area contributed by atoms with Crippen molar-refractivity contribution >= 4 is 5.78 Å². The summed E-state index contributed by atoms with van der Waals surface area (Å²) in [4.78, 5) is 11.6. The molecule has 0 aliphatic rings. The van der Waals surface area contributed by atoms with Gasteiger partial charge < -0.3 is 0 Å². The molecule has 1 unspecified atom stereocenters. The standard InChI is InChI=1S/C12H13NO/c1-10(7-8-13)9-12(14)11-5-3-2-4-6-11/h2-6,10H,7,9H2,1H3. The Kier molecular flexibility index (Phi) is 3.87. The molecule has 0 saturated carbocycles. The van der Waals surface area contributed by atoms with E-state index in [0.717, 1.165) is 5.56 Å². The van der Waals surface area contributed by atoms with Gasteiger partial charge in [-0.2, -0.15) is 5.26 Å². The number of carbonyl (C=O) groups excluding carboxylic acids is 1. The molecule has 0 spiro atoms. The van der Waals surface area contributed by atoms with Crippen molar-refractivity contribution in [3.05, 3.63) is 35.9 Å². The maximum absolute atomic E-state index is 11.6. The molecule has 0 saturated heterocycles. The van der Waals surface area contributed by atoms with E-state index < -0.39 is 0 Å². The Hall–Kier alpha value is -1.62. The van der Waals surface area contributed by atoms with Crippen molar-refractivity contribution < 1.29 is 4.79 Å². The lowest BCUT2D eigenvalue weighted by Gasteiger charge is -2.05. The first kappa shape index (κ1) is 10.5. The number of hydrogen-bond donors (Lipinski definition) is 0. The zero-order valence-electron chi connectivity index (χ0n) is 8.23. The molecule has 0 radical (unpaired) electrons. The van der Waals surface area contributed by atoms with E-state index in [4.69, 9.17) is 5.26 Å². The van der Waals surface area contributed by atoms with E-state index in [2.05, 4.69) is 6.07 Å². The fourth-order valence-electron chi connectivity index (χ4n) is 1.29. The van der Waals surface area contributed by atoms with Crippen LogP contribution in [0.4, 0.5) is 0 Å². The molecule has 2 heteroatoms. The van der Waals surface area contributed by atoms with Crippen LogP contribution in [0.15, 0.2) is 30.3 Å². The molecule has 0 amide bonds. The highest BCUT2D eigenvalue weighted by Crippen LogP contribution is 2.11. The summed E-state index contributed by atoms with van der Waals surface area (Å²) >= 11 is 0. The second-order valence-electron chi connectivity index (χ2n) is 3.46. The van der Waals surface area contributed by atoms with Gasteiger partial charge in [0.05, 0.1) is 6.07 Å². The lowest BCUT2D eigenvalue weighted by molar-refractivity contribution is 0.0965. The molecule has 14 heavy (non-hydrogen) atoms. The van der Waals surface area contributed by atoms with Gasteiger partial charge in [-0.3, -0.25) is 4.79 Å². The average Bonchev–Trinajstić information content (AvgIpc) is 2.19. The van der Waals surface area contributed by atoms with Gasteiger partial charge in [0, 0.05) is 18.4 Å². The van der Waals surface area contributed by atoms with Crippen molar-refractivity contribution in [2.75, 3.05) is 0 Å². The number of nitrogens with zero attached hydrogens (tertiary/aromatic N) is 1. The summed E-state index contributed by atoms with van der Waals surface area (Å²) in [5.41, 5.74) is 0.734. The van der Waals surface area contributed by atoms with Gasteiger partial charge in [0.1, 0.15) is 0 Å². The van der Waals surface area contributed by atoms with Crippen LogP contribution in [-0.2, 0) is 0 Å². The largest absolute Gasteiger partial charge is 0.294 e. The van der Waals surface area contributed by atoms with Crippen LogP contribution in [-0.4, -0.2) is 5.78 Å². The first-order chi connectivity index (χ1) is 6.74. The Morgan fingerprint density at radius 3 is 2.64 bits per heavy atom. The third kappa shape index (κ3) is 3.02. The van der Waals surface area contributed by atoms with Gasteiger partial charge >= 0.3 is 0 Å². The summed E-state index contributed by atoms with van der Waals surface area (Å²) in [6.07, 6.45) is 0.899. The third-order valence-electron chi connectivity index (χ3n) is 2.07. The van der Waals surface area contributed by atoms with E-state index in [-0.39, 0.29) is 11.7 Å². The minimum atomic E-state index is 0.119. The zero-order valence-corrected chi connectivity index (χ0v) is 8.23. The van der Waals surface area contributed by atoms with Crippen molar-refractivity contribution in [2.24, 2.45) is 5.92 Å². The molecule has 1 aromatic carbocycles. The molecule has 0 aliphatic heterocycles. The maximum atomic E-state index is 11.6. The monoisotopic (exact) mass is 187 g/mol. The summed E-state index contributed by atoms with van der Waals surface area (Å²) < 4.78 is 0. The lowest BCUT2D eigenvalue weighted by atomic mass is 9.98. The van der Waals surface area contributed by atoms with E-state index in [1.165, 1.54) is 0 Å². The molecule has 1 aromatic rings. The summed E-state index contributed by atoms with van der Waals surface area (Å²) in [5, 5.41) is 8.46. The topological polar surface area (TPSA) is 40.9 Å². The first-order valence-corrected chi connectivity index (χ1v) is 4.69. The molecule has 0 bridgehead atoms. The van der Waals surface area contributed by atoms with Gasteiger partial charge in [-0.05, 0) is 5.92 Å². The van der Waals surface area contributed by atoms with Crippen LogP contribution in [0.3, 0.4) is 0 Å². The van der Waals surface area contributed by atoms with Gasteiger partial charge in [-0.1, -0.05) is 37.3 Å². The molecule has 0 N–H and O–H groups in total. The minimum Gasteiger partial charge on any atom is -0.294 e. The highest BCUT2D eigenvalue weighted by molar-refractivity contribution is 5.96. The summed E-state index contributed by atoms with van der Waals surface area (Å²) in [5.74, 6) is 0.265. The summed E-state index contributed by atoms with van der Waals surface area (Å²) in [7, 11) is 0. The number of Topliss-reactive ketones (excluding diaryl/α,β-unsaturated/α-hetero) is 1. The number of carbonyl (C=O) groups is 1. The van der Waals surface area contributed by atoms with Crippen molar-refractivity contribution in [1.82, 2.24) is 0 Å². The molecular weight excluding hydrogens is 174 g/mol. The second-order valence-corrected chi connectivity index (χ2v) is 3.46. The molecular formula is C12H13NO. The van der Waals surface area contributed by atoms with Crippen LogP contribution in [0.1, 0.15) is 30.1 Å². The van der Waals surface area contributed by atoms with E-state index in [9.17, 15) is 4.79 Å². The summed E-state index contributed by atoms with van der Waals surface area (Å²) in [6, 6.07) is 11.3. The number of hydrogen-bond acceptors (Lipinski definition) is 2. The highest BCUT2D eigenvalue weighted by Gasteiger charge is 2.10. The zero-order chi connectivity index (χ0) is 10.4. The molecule has 0 heterocycles. The third-order valence-corrected chi connectivity index (χ3v) is 2.07. The Morgan fingerprint density at radius 1 is 1.43 bits per heavy atom. The quantitative estimate of drug-likeness (QED) is 0.680. The van der Waals surface area contributed by atoms with Gasteiger partial charge in [0.25, 0.3) is 0 Å². The predicted octanol–water partition coefficient (Wildman–Crippen LogP) is 2.81. The Balaban J connectivity index is 2.56. The Morgan fingerprint density at radius 2 is 2.07 bits per heavy atom. The van der Waals surface area contributed by atoms with E-state index in [0.29, 0.717) is 12.8 Å². The van der Waals surface area contributed by atoms with Gasteiger partial charge in [-0.15, -0.1) is 0 Å². The Bertz CT molecular complexity index is 337. The smallest absolute Gasteiger partial charge is 0.163 e. The van der Waals surface area contributed by atoms with Crippen LogP contribution in [0, 0.1) is 17.2 Å². The van der Waals surface area contributed by atoms with E-state index in [1.54, 1.807) is 12.1 Å². The van der Waals surface area contributed by atoms with Crippen LogP contribution < -0.4 is 0 Å². The molecule has 0 fully saturated rings. The number of benzene rings is 1. The van der Waals surface area contributed by atoms with Crippen molar-refractivity contribution in [2.45, 2.75) is 19.8 Å². The lowest BCUT2D eigenvalue weighted by Crippen LogP contribution is -2.05. The number of ketones is 1. The fourth-order valence-corrected chi connectivity index (χ4v) is 1.29. The Labute approximate surface area is 84.2 Å². The number of rotatable bonds is 4. The van der Waals surface area contributed by atoms with Crippen molar-refractivity contribution in [1.29, 1.82) is 5.26 Å². The minimum absolute atomic E-state index is 0.119. The van der Waals surface area contributed by atoms with E-state index in [1.807, 2.05) is 25.1 Å². The predicted molar refractivity (Wildman–Crippen MR) is 54.8 cm³/mol. The fraction of sp³-hybridized carbons (Fsp3) is 0.333. The second kappa shape index (κ2) is 5.18. The summed E-state index contributed by atoms with van der Waals surface area (Å²) in [6.45, 7) is 1.92. The van der Waals surface area contributed by atoms with Gasteiger partial charge in [0.2, 0.25) is 0 Å².